The highest BCUT2D eigenvalue weighted by Gasteiger charge is 2.20. The van der Waals surface area contributed by atoms with Gasteiger partial charge in [-0.25, -0.2) is 0 Å². The zero-order chi connectivity index (χ0) is 8.55. The lowest BCUT2D eigenvalue weighted by atomic mass is 9.97. The number of hydrogen-bond donors (Lipinski definition) is 2. The minimum absolute atomic E-state index is 0.420. The lowest BCUT2D eigenvalue weighted by Gasteiger charge is -2.29. The second kappa shape index (κ2) is 2.96. The number of nitrogen functional groups attached to an aromatic ring is 1. The Hall–Kier alpha value is -0.730. The summed E-state index contributed by atoms with van der Waals surface area (Å²) in [5.41, 5.74) is 7.76. The van der Waals surface area contributed by atoms with E-state index in [1.165, 1.54) is 0 Å². The number of benzene rings is 1. The molecule has 1 aromatic rings. The van der Waals surface area contributed by atoms with E-state index in [0.29, 0.717) is 6.04 Å². The third-order valence-electron chi connectivity index (χ3n) is 2.25. The molecule has 1 aliphatic rings. The van der Waals surface area contributed by atoms with Gasteiger partial charge < -0.3 is 11.1 Å². The summed E-state index contributed by atoms with van der Waals surface area (Å²) in [6.45, 7) is 1.08. The summed E-state index contributed by atoms with van der Waals surface area (Å²) in [5.74, 6) is 0. The number of hydrogen-bond acceptors (Lipinski definition) is 2. The smallest absolute Gasteiger partial charge is 0.0410 e. The second-order valence-electron chi connectivity index (χ2n) is 3.07. The summed E-state index contributed by atoms with van der Waals surface area (Å²) in [4.78, 5) is 0. The molecule has 64 valence electrons. The van der Waals surface area contributed by atoms with Crippen molar-refractivity contribution in [3.05, 3.63) is 28.8 Å². The number of rotatable bonds is 1. The molecule has 3 heteroatoms. The Balaban J connectivity index is 2.34. The fourth-order valence-electron chi connectivity index (χ4n) is 1.40. The van der Waals surface area contributed by atoms with Crippen LogP contribution < -0.4 is 11.1 Å². The lowest BCUT2D eigenvalue weighted by molar-refractivity contribution is 0.384. The molecule has 0 bridgehead atoms. The Morgan fingerprint density at radius 2 is 2.25 bits per heavy atom. The van der Waals surface area contributed by atoms with Crippen LogP contribution in [0.2, 0.25) is 5.02 Å². The van der Waals surface area contributed by atoms with E-state index in [0.717, 1.165) is 29.2 Å². The van der Waals surface area contributed by atoms with Gasteiger partial charge >= 0.3 is 0 Å². The van der Waals surface area contributed by atoms with Gasteiger partial charge in [0.2, 0.25) is 0 Å². The summed E-state index contributed by atoms with van der Waals surface area (Å²) in [5, 5.41) is 4.05. The van der Waals surface area contributed by atoms with E-state index in [1.807, 2.05) is 18.2 Å². The van der Waals surface area contributed by atoms with Gasteiger partial charge in [-0.1, -0.05) is 11.6 Å². The minimum Gasteiger partial charge on any atom is -0.398 e. The molecule has 2 nitrogen and oxygen atoms in total. The standard InChI is InChI=1S/C9H11ClN2/c10-6-1-2-8(11)7(5-6)9-3-4-12-9/h1-2,5,9,12H,3-4,11H2/t9-/m1/s1. The van der Waals surface area contributed by atoms with Crippen molar-refractivity contribution in [2.45, 2.75) is 12.5 Å². The molecule has 3 N–H and O–H groups in total. The van der Waals surface area contributed by atoms with Crippen molar-refractivity contribution in [1.29, 1.82) is 0 Å². The predicted molar refractivity (Wildman–Crippen MR) is 51.2 cm³/mol. The molecule has 0 amide bonds. The quantitative estimate of drug-likeness (QED) is 0.652. The molecule has 1 heterocycles. The van der Waals surface area contributed by atoms with Crippen LogP contribution in [-0.4, -0.2) is 6.54 Å². The van der Waals surface area contributed by atoms with Crippen LogP contribution >= 0.6 is 11.6 Å². The molecule has 0 unspecified atom stereocenters. The molecule has 12 heavy (non-hydrogen) atoms. The number of nitrogens with two attached hydrogens (primary N) is 1. The topological polar surface area (TPSA) is 38.0 Å². The first-order valence-electron chi connectivity index (χ1n) is 4.05. The highest BCUT2D eigenvalue weighted by Crippen LogP contribution is 2.29. The molecule has 1 aliphatic heterocycles. The van der Waals surface area contributed by atoms with Crippen LogP contribution in [0.4, 0.5) is 5.69 Å². The largest absolute Gasteiger partial charge is 0.398 e. The molecule has 1 fully saturated rings. The Bertz CT molecular complexity index is 295. The molecule has 2 rings (SSSR count). The first-order valence-corrected chi connectivity index (χ1v) is 4.43. The molecule has 0 aromatic heterocycles. The van der Waals surface area contributed by atoms with Gasteiger partial charge in [-0.05, 0) is 36.7 Å². The highest BCUT2D eigenvalue weighted by molar-refractivity contribution is 6.30. The van der Waals surface area contributed by atoms with Crippen molar-refractivity contribution in [2.24, 2.45) is 0 Å². The van der Waals surface area contributed by atoms with Gasteiger partial charge in [-0.15, -0.1) is 0 Å². The average molecular weight is 183 g/mol. The van der Waals surface area contributed by atoms with Crippen LogP contribution in [0, 0.1) is 0 Å². The SMILES string of the molecule is Nc1ccc(Cl)cc1[C@H]1CCN1. The van der Waals surface area contributed by atoms with Crippen molar-refractivity contribution < 1.29 is 0 Å². The number of halogens is 1. The zero-order valence-electron chi connectivity index (χ0n) is 6.68. The Morgan fingerprint density at radius 1 is 1.50 bits per heavy atom. The maximum absolute atomic E-state index is 5.86. The van der Waals surface area contributed by atoms with Crippen LogP contribution in [0.5, 0.6) is 0 Å². The molecule has 0 aliphatic carbocycles. The fraction of sp³-hybridized carbons (Fsp3) is 0.333. The Morgan fingerprint density at radius 3 is 2.83 bits per heavy atom. The van der Waals surface area contributed by atoms with Gasteiger partial charge in [-0.2, -0.15) is 0 Å². The monoisotopic (exact) mass is 182 g/mol. The van der Waals surface area contributed by atoms with Crippen molar-refractivity contribution in [1.82, 2.24) is 5.32 Å². The average Bonchev–Trinajstić information content (AvgIpc) is 1.93. The van der Waals surface area contributed by atoms with E-state index in [1.54, 1.807) is 0 Å². The van der Waals surface area contributed by atoms with E-state index in [-0.39, 0.29) is 0 Å². The summed E-state index contributed by atoms with van der Waals surface area (Å²) in [6.07, 6.45) is 1.16. The van der Waals surface area contributed by atoms with Gasteiger partial charge in [0.15, 0.2) is 0 Å². The van der Waals surface area contributed by atoms with E-state index in [2.05, 4.69) is 5.32 Å². The van der Waals surface area contributed by atoms with Gasteiger partial charge in [-0.3, -0.25) is 0 Å². The number of nitrogens with one attached hydrogen (secondary N) is 1. The molecule has 1 aromatic carbocycles. The molecule has 0 radical (unpaired) electrons. The van der Waals surface area contributed by atoms with Crippen molar-refractivity contribution in [3.63, 3.8) is 0 Å². The van der Waals surface area contributed by atoms with Gasteiger partial charge in [0, 0.05) is 16.8 Å². The first kappa shape index (κ1) is 7.90. The fourth-order valence-corrected chi connectivity index (χ4v) is 1.58. The third kappa shape index (κ3) is 1.28. The molecule has 0 spiro atoms. The van der Waals surface area contributed by atoms with Gasteiger partial charge in [0.05, 0.1) is 0 Å². The lowest BCUT2D eigenvalue weighted by Crippen LogP contribution is -2.35. The van der Waals surface area contributed by atoms with Crippen LogP contribution in [-0.2, 0) is 0 Å². The van der Waals surface area contributed by atoms with Crippen LogP contribution in [0.15, 0.2) is 18.2 Å². The van der Waals surface area contributed by atoms with Crippen LogP contribution in [0.1, 0.15) is 18.0 Å². The molecular weight excluding hydrogens is 172 g/mol. The molecular formula is C9H11ClN2. The Labute approximate surface area is 76.7 Å². The van der Waals surface area contributed by atoms with Crippen molar-refractivity contribution in [2.75, 3.05) is 12.3 Å². The molecule has 0 saturated carbocycles. The van der Waals surface area contributed by atoms with E-state index < -0.39 is 0 Å². The summed E-state index contributed by atoms with van der Waals surface area (Å²) < 4.78 is 0. The predicted octanol–water partition coefficient (Wildman–Crippen LogP) is 1.96. The van der Waals surface area contributed by atoms with Crippen molar-refractivity contribution in [3.8, 4) is 0 Å². The second-order valence-corrected chi connectivity index (χ2v) is 3.51. The maximum atomic E-state index is 5.86. The first-order chi connectivity index (χ1) is 5.77. The Kier molecular flexibility index (Phi) is 1.95. The van der Waals surface area contributed by atoms with E-state index >= 15 is 0 Å². The normalized spacial score (nSPS) is 21.9. The highest BCUT2D eigenvalue weighted by atomic mass is 35.5. The van der Waals surface area contributed by atoms with Gasteiger partial charge in [0.1, 0.15) is 0 Å². The molecule has 1 atom stereocenters. The number of anilines is 1. The van der Waals surface area contributed by atoms with Crippen molar-refractivity contribution >= 4 is 17.3 Å². The van der Waals surface area contributed by atoms with E-state index in [4.69, 9.17) is 17.3 Å². The minimum atomic E-state index is 0.420. The van der Waals surface area contributed by atoms with Crippen LogP contribution in [0.25, 0.3) is 0 Å². The third-order valence-corrected chi connectivity index (χ3v) is 2.48. The zero-order valence-corrected chi connectivity index (χ0v) is 7.43. The van der Waals surface area contributed by atoms with E-state index in [9.17, 15) is 0 Å². The maximum Gasteiger partial charge on any atom is 0.0410 e. The van der Waals surface area contributed by atoms with Crippen LogP contribution in [0.3, 0.4) is 0 Å². The van der Waals surface area contributed by atoms with Gasteiger partial charge in [0.25, 0.3) is 0 Å². The summed E-state index contributed by atoms with van der Waals surface area (Å²) in [6, 6.07) is 6.04. The summed E-state index contributed by atoms with van der Waals surface area (Å²) >= 11 is 5.86. The molecule has 1 saturated heterocycles. The summed E-state index contributed by atoms with van der Waals surface area (Å²) in [7, 11) is 0.